The molecule has 0 bridgehead atoms. The summed E-state index contributed by atoms with van der Waals surface area (Å²) in [5.74, 6) is -2.81. The number of non-ortho nitro benzene ring substituents is 1. The van der Waals surface area contributed by atoms with Crippen LogP contribution in [-0.4, -0.2) is 35.0 Å². The van der Waals surface area contributed by atoms with Gasteiger partial charge in [0.25, 0.3) is 5.69 Å². The van der Waals surface area contributed by atoms with Crippen molar-refractivity contribution < 1.29 is 24.0 Å². The smallest absolute Gasteiger partial charge is 0.312 e. The Kier molecular flexibility index (Phi) is 7.44. The summed E-state index contributed by atoms with van der Waals surface area (Å²) in [6.07, 6.45) is 0.687. The van der Waals surface area contributed by atoms with Crippen LogP contribution in [0.4, 0.5) is 15.8 Å². The summed E-state index contributed by atoms with van der Waals surface area (Å²) in [4.78, 5) is 33.4. The summed E-state index contributed by atoms with van der Waals surface area (Å²) in [6.45, 7) is 0.390. The van der Waals surface area contributed by atoms with Gasteiger partial charge < -0.3 is 15.7 Å². The van der Waals surface area contributed by atoms with Crippen molar-refractivity contribution >= 4 is 23.3 Å². The summed E-state index contributed by atoms with van der Waals surface area (Å²) >= 11 is 0. The maximum absolute atomic E-state index is 13.0. The molecule has 0 radical (unpaired) electrons. The number of carbonyl (C=O) groups excluding carboxylic acids is 1. The maximum atomic E-state index is 13.0. The number of carboxylic acid groups (broad SMARTS) is 1. The number of benzene rings is 2. The number of anilines is 1. The molecule has 0 saturated carbocycles. The second kappa shape index (κ2) is 10.0. The van der Waals surface area contributed by atoms with Crippen molar-refractivity contribution in [2.45, 2.75) is 18.8 Å². The first kappa shape index (κ1) is 20.8. The molecule has 0 aliphatic rings. The van der Waals surface area contributed by atoms with Gasteiger partial charge in [0.05, 0.1) is 10.8 Å². The predicted molar refractivity (Wildman–Crippen MR) is 101 cm³/mol. The van der Waals surface area contributed by atoms with E-state index in [2.05, 4.69) is 10.6 Å². The Bertz CT molecular complexity index is 824. The zero-order chi connectivity index (χ0) is 20.5. The Morgan fingerprint density at radius 2 is 1.75 bits per heavy atom. The van der Waals surface area contributed by atoms with Gasteiger partial charge in [0, 0.05) is 37.3 Å². The number of carbonyl (C=O) groups is 2. The quantitative estimate of drug-likeness (QED) is 0.326. The molecule has 1 amide bonds. The third kappa shape index (κ3) is 6.35. The summed E-state index contributed by atoms with van der Waals surface area (Å²) in [6, 6.07) is 11.1. The van der Waals surface area contributed by atoms with Gasteiger partial charge in [0.2, 0.25) is 5.91 Å². The van der Waals surface area contributed by atoms with Gasteiger partial charge in [-0.15, -0.1) is 0 Å². The van der Waals surface area contributed by atoms with Crippen LogP contribution in [0.25, 0.3) is 0 Å². The van der Waals surface area contributed by atoms with Crippen LogP contribution in [-0.2, 0) is 9.59 Å². The first-order valence-electron chi connectivity index (χ1n) is 8.60. The lowest BCUT2D eigenvalue weighted by Gasteiger charge is -2.14. The van der Waals surface area contributed by atoms with Crippen molar-refractivity contribution in [3.05, 3.63) is 70.0 Å². The minimum atomic E-state index is -1.10. The van der Waals surface area contributed by atoms with E-state index < -0.39 is 22.6 Å². The molecule has 0 aliphatic heterocycles. The molecule has 0 spiro atoms. The van der Waals surface area contributed by atoms with Gasteiger partial charge in [0.15, 0.2) is 0 Å². The molecule has 3 N–H and O–H groups in total. The number of aliphatic carboxylic acids is 1. The predicted octanol–water partition coefficient (Wildman–Crippen LogP) is 2.91. The molecule has 2 aromatic carbocycles. The Morgan fingerprint density at radius 3 is 2.32 bits per heavy atom. The van der Waals surface area contributed by atoms with E-state index in [4.69, 9.17) is 0 Å². The first-order valence-corrected chi connectivity index (χ1v) is 8.60. The normalized spacial score (nSPS) is 11.5. The molecule has 1 atom stereocenters. The average Bonchev–Trinajstić information content (AvgIpc) is 2.67. The molecule has 1 unspecified atom stereocenters. The van der Waals surface area contributed by atoms with Crippen LogP contribution < -0.4 is 10.6 Å². The van der Waals surface area contributed by atoms with E-state index in [-0.39, 0.29) is 24.6 Å². The lowest BCUT2D eigenvalue weighted by Crippen LogP contribution is -2.31. The molecule has 2 rings (SSSR count). The van der Waals surface area contributed by atoms with E-state index in [1.807, 2.05) is 0 Å². The van der Waals surface area contributed by atoms with Gasteiger partial charge in [-0.3, -0.25) is 19.7 Å². The van der Waals surface area contributed by atoms with E-state index in [0.717, 1.165) is 0 Å². The number of nitro groups is 1. The first-order chi connectivity index (χ1) is 13.4. The molecule has 0 saturated heterocycles. The molecular weight excluding hydrogens is 369 g/mol. The molecule has 9 heteroatoms. The van der Waals surface area contributed by atoms with Gasteiger partial charge in [-0.05, 0) is 36.2 Å². The second-order valence-corrected chi connectivity index (χ2v) is 6.08. The van der Waals surface area contributed by atoms with Crippen molar-refractivity contribution in [2.75, 3.05) is 18.4 Å². The highest BCUT2D eigenvalue weighted by atomic mass is 19.1. The Hall–Kier alpha value is -3.49. The fourth-order valence-electron chi connectivity index (χ4n) is 2.53. The zero-order valence-corrected chi connectivity index (χ0v) is 14.9. The van der Waals surface area contributed by atoms with Crippen LogP contribution in [0, 0.1) is 15.9 Å². The third-order valence-electron chi connectivity index (χ3n) is 4.06. The molecule has 28 heavy (non-hydrogen) atoms. The molecular formula is C19H20FN3O5. The molecule has 2 aromatic rings. The number of amides is 1. The average molecular weight is 389 g/mol. The fourth-order valence-corrected chi connectivity index (χ4v) is 2.53. The third-order valence-corrected chi connectivity index (χ3v) is 4.06. The molecule has 8 nitrogen and oxygen atoms in total. The lowest BCUT2D eigenvalue weighted by atomic mass is 9.99. The van der Waals surface area contributed by atoms with Gasteiger partial charge in [0.1, 0.15) is 5.82 Å². The summed E-state index contributed by atoms with van der Waals surface area (Å²) in [5.41, 5.74) is 1.11. The lowest BCUT2D eigenvalue weighted by molar-refractivity contribution is -0.384. The van der Waals surface area contributed by atoms with E-state index >= 15 is 0 Å². The van der Waals surface area contributed by atoms with Crippen molar-refractivity contribution in [3.63, 3.8) is 0 Å². The minimum Gasteiger partial charge on any atom is -0.481 e. The molecule has 0 fully saturated rings. The monoisotopic (exact) mass is 389 g/mol. The standard InChI is InChI=1S/C19H20FN3O5/c20-14-5-3-13(4-6-14)17(19(25)26)12-22-18(24)2-1-11-21-15-7-9-16(10-8-15)23(27)28/h3-10,17,21H,1-2,11-12H2,(H,22,24)(H,25,26). The van der Waals surface area contributed by atoms with Crippen LogP contribution >= 0.6 is 0 Å². The number of nitrogens with one attached hydrogen (secondary N) is 2. The minimum absolute atomic E-state index is 0.000864. The summed E-state index contributed by atoms with van der Waals surface area (Å²) in [5, 5.41) is 25.5. The van der Waals surface area contributed by atoms with Gasteiger partial charge in [-0.25, -0.2) is 4.39 Å². The highest BCUT2D eigenvalue weighted by Gasteiger charge is 2.20. The van der Waals surface area contributed by atoms with Crippen LogP contribution in [0.15, 0.2) is 48.5 Å². The summed E-state index contributed by atoms with van der Waals surface area (Å²) in [7, 11) is 0. The highest BCUT2D eigenvalue weighted by molar-refractivity contribution is 5.79. The van der Waals surface area contributed by atoms with Crippen LogP contribution in [0.5, 0.6) is 0 Å². The molecule has 148 valence electrons. The van der Waals surface area contributed by atoms with E-state index in [1.54, 1.807) is 12.1 Å². The number of nitro benzene ring substituents is 1. The maximum Gasteiger partial charge on any atom is 0.312 e. The van der Waals surface area contributed by atoms with E-state index in [1.165, 1.54) is 36.4 Å². The van der Waals surface area contributed by atoms with Crippen molar-refractivity contribution in [1.82, 2.24) is 5.32 Å². The van der Waals surface area contributed by atoms with Gasteiger partial charge in [-0.2, -0.15) is 0 Å². The van der Waals surface area contributed by atoms with E-state index in [9.17, 15) is 29.2 Å². The number of nitrogens with zero attached hydrogens (tertiary/aromatic N) is 1. The topological polar surface area (TPSA) is 122 Å². The van der Waals surface area contributed by atoms with Crippen molar-refractivity contribution in [3.8, 4) is 0 Å². The van der Waals surface area contributed by atoms with Gasteiger partial charge >= 0.3 is 5.97 Å². The van der Waals surface area contributed by atoms with Gasteiger partial charge in [-0.1, -0.05) is 12.1 Å². The van der Waals surface area contributed by atoms with E-state index in [0.29, 0.717) is 24.2 Å². The number of hydrogen-bond acceptors (Lipinski definition) is 5. The Morgan fingerprint density at radius 1 is 1.11 bits per heavy atom. The SMILES string of the molecule is O=C(CCCNc1ccc([N+](=O)[O-])cc1)NCC(C(=O)O)c1ccc(F)cc1. The van der Waals surface area contributed by atoms with Crippen LogP contribution in [0.1, 0.15) is 24.3 Å². The summed E-state index contributed by atoms with van der Waals surface area (Å²) < 4.78 is 13.0. The number of hydrogen-bond donors (Lipinski definition) is 3. The largest absolute Gasteiger partial charge is 0.481 e. The number of rotatable bonds is 10. The molecule has 0 aromatic heterocycles. The zero-order valence-electron chi connectivity index (χ0n) is 14.9. The Balaban J connectivity index is 1.73. The second-order valence-electron chi connectivity index (χ2n) is 6.08. The highest BCUT2D eigenvalue weighted by Crippen LogP contribution is 2.17. The van der Waals surface area contributed by atoms with Crippen molar-refractivity contribution in [2.24, 2.45) is 0 Å². The van der Waals surface area contributed by atoms with Crippen molar-refractivity contribution in [1.29, 1.82) is 0 Å². The fraction of sp³-hybridized carbons (Fsp3) is 0.263. The van der Waals surface area contributed by atoms with Crippen LogP contribution in [0.3, 0.4) is 0 Å². The molecule has 0 heterocycles. The van der Waals surface area contributed by atoms with Crippen LogP contribution in [0.2, 0.25) is 0 Å². The Labute approximate surface area is 160 Å². The number of halogens is 1. The molecule has 0 aliphatic carbocycles. The number of carboxylic acids is 1.